The Kier molecular flexibility index (Phi) is 4.72. The molecule has 1 atom stereocenters. The van der Waals surface area contributed by atoms with E-state index in [1.54, 1.807) is 6.20 Å². The molecule has 5 nitrogen and oxygen atoms in total. The van der Waals surface area contributed by atoms with E-state index in [1.807, 2.05) is 54.6 Å². The van der Waals surface area contributed by atoms with Crippen molar-refractivity contribution >= 4 is 17.5 Å². The fraction of sp³-hybridized carbons (Fsp3) is 0.238. The number of rotatable bonds is 5. The molecule has 0 bridgehead atoms. The molecule has 6 heteroatoms. The maximum Gasteiger partial charge on any atom is 0.229 e. The van der Waals surface area contributed by atoms with Crippen molar-refractivity contribution in [3.8, 4) is 11.3 Å². The Hall–Kier alpha value is -2.63. The third-order valence-corrected chi connectivity index (χ3v) is 5.40. The highest BCUT2D eigenvalue weighted by molar-refractivity contribution is 6.30. The lowest BCUT2D eigenvalue weighted by molar-refractivity contribution is -0.123. The zero-order valence-electron chi connectivity index (χ0n) is 14.8. The molecule has 0 saturated carbocycles. The van der Waals surface area contributed by atoms with Crippen molar-refractivity contribution in [3.05, 3.63) is 77.3 Å². The minimum absolute atomic E-state index is 0.289. The van der Waals surface area contributed by atoms with E-state index in [4.69, 9.17) is 21.8 Å². The molecule has 138 valence electrons. The molecule has 27 heavy (non-hydrogen) atoms. The molecule has 0 aliphatic carbocycles. The van der Waals surface area contributed by atoms with E-state index in [1.165, 1.54) is 0 Å². The van der Waals surface area contributed by atoms with E-state index in [0.29, 0.717) is 36.2 Å². The molecule has 0 radical (unpaired) electrons. The van der Waals surface area contributed by atoms with Crippen molar-refractivity contribution in [2.45, 2.75) is 18.4 Å². The number of oxazole rings is 1. The summed E-state index contributed by atoms with van der Waals surface area (Å²) in [5.41, 5.74) is 6.99. The molecular formula is C21H20ClN3O2. The fourth-order valence-electron chi connectivity index (χ4n) is 3.71. The van der Waals surface area contributed by atoms with Crippen LogP contribution >= 0.6 is 11.6 Å². The van der Waals surface area contributed by atoms with Gasteiger partial charge in [0.2, 0.25) is 11.8 Å². The van der Waals surface area contributed by atoms with Crippen LogP contribution < -0.4 is 5.73 Å². The lowest BCUT2D eigenvalue weighted by Crippen LogP contribution is -2.43. The van der Waals surface area contributed by atoms with Crippen LogP contribution in [0.2, 0.25) is 5.02 Å². The van der Waals surface area contributed by atoms with Gasteiger partial charge in [0.1, 0.15) is 0 Å². The van der Waals surface area contributed by atoms with Crippen molar-refractivity contribution in [2.24, 2.45) is 5.73 Å². The van der Waals surface area contributed by atoms with Crippen molar-refractivity contribution in [3.63, 3.8) is 0 Å². The molecule has 1 aliphatic heterocycles. The Morgan fingerprint density at radius 3 is 2.78 bits per heavy atom. The first-order chi connectivity index (χ1) is 13.1. The molecule has 1 aromatic heterocycles. The van der Waals surface area contributed by atoms with E-state index in [0.717, 1.165) is 17.7 Å². The number of carbonyl (C=O) groups excluding carboxylic acids is 1. The minimum atomic E-state index is -0.663. The highest BCUT2D eigenvalue weighted by atomic mass is 35.5. The maximum absolute atomic E-state index is 12.3. The normalized spacial score (nSPS) is 20.0. The molecule has 1 unspecified atom stereocenters. The third kappa shape index (κ3) is 3.48. The molecule has 0 spiro atoms. The fourth-order valence-corrected chi connectivity index (χ4v) is 3.90. The van der Waals surface area contributed by atoms with Crippen LogP contribution in [0.15, 0.2) is 65.2 Å². The molecule has 1 fully saturated rings. The van der Waals surface area contributed by atoms with Crippen LogP contribution in [0.25, 0.3) is 11.3 Å². The number of primary amides is 1. The lowest BCUT2D eigenvalue weighted by Gasteiger charge is -2.26. The first-order valence-electron chi connectivity index (χ1n) is 8.85. The number of carbonyl (C=O) groups is 1. The van der Waals surface area contributed by atoms with Crippen molar-refractivity contribution in [2.75, 3.05) is 13.1 Å². The molecule has 2 aromatic carbocycles. The van der Waals surface area contributed by atoms with Crippen LogP contribution in [0, 0.1) is 0 Å². The van der Waals surface area contributed by atoms with Crippen LogP contribution in [-0.4, -0.2) is 28.9 Å². The van der Waals surface area contributed by atoms with Gasteiger partial charge >= 0.3 is 0 Å². The number of nitrogens with two attached hydrogens (primary N) is 1. The standard InChI is InChI=1S/C21H20ClN3O2/c22-17-8-4-5-15(11-17)18-12-24-19(27-18)13-25-10-9-21(14-25,20(23)26)16-6-2-1-3-7-16/h1-8,11-12H,9-10,13-14H2,(H2,23,26). The number of nitrogens with zero attached hydrogens (tertiary/aromatic N) is 2. The van der Waals surface area contributed by atoms with Crippen molar-refractivity contribution in [1.82, 2.24) is 9.88 Å². The van der Waals surface area contributed by atoms with E-state index in [9.17, 15) is 4.79 Å². The summed E-state index contributed by atoms with van der Waals surface area (Å²) in [6.45, 7) is 1.84. The smallest absolute Gasteiger partial charge is 0.229 e. The molecule has 1 amide bonds. The van der Waals surface area contributed by atoms with Crippen LogP contribution in [-0.2, 0) is 16.8 Å². The van der Waals surface area contributed by atoms with Gasteiger partial charge in [-0.15, -0.1) is 0 Å². The zero-order chi connectivity index (χ0) is 18.9. The second-order valence-electron chi connectivity index (χ2n) is 6.90. The summed E-state index contributed by atoms with van der Waals surface area (Å²) in [4.78, 5) is 18.8. The predicted octanol–water partition coefficient (Wildman–Crippen LogP) is 3.62. The van der Waals surface area contributed by atoms with Crippen molar-refractivity contribution < 1.29 is 9.21 Å². The van der Waals surface area contributed by atoms with Crippen molar-refractivity contribution in [1.29, 1.82) is 0 Å². The van der Waals surface area contributed by atoms with E-state index < -0.39 is 5.41 Å². The average molecular weight is 382 g/mol. The van der Waals surface area contributed by atoms with Crippen LogP contribution in [0.5, 0.6) is 0 Å². The number of likely N-dealkylation sites (tertiary alicyclic amines) is 1. The Balaban J connectivity index is 1.51. The second kappa shape index (κ2) is 7.18. The maximum atomic E-state index is 12.3. The number of amides is 1. The average Bonchev–Trinajstić information content (AvgIpc) is 3.31. The SMILES string of the molecule is NC(=O)C1(c2ccccc2)CCN(Cc2ncc(-c3cccc(Cl)c3)o2)C1. The largest absolute Gasteiger partial charge is 0.439 e. The quantitative estimate of drug-likeness (QED) is 0.732. The zero-order valence-corrected chi connectivity index (χ0v) is 15.5. The molecule has 2 heterocycles. The van der Waals surface area contributed by atoms with Gasteiger partial charge in [-0.3, -0.25) is 9.69 Å². The Morgan fingerprint density at radius 1 is 1.22 bits per heavy atom. The molecule has 1 aliphatic rings. The predicted molar refractivity (Wildman–Crippen MR) is 104 cm³/mol. The van der Waals surface area contributed by atoms with Gasteiger partial charge in [-0.2, -0.15) is 0 Å². The van der Waals surface area contributed by atoms with E-state index in [2.05, 4.69) is 9.88 Å². The molecule has 1 saturated heterocycles. The monoisotopic (exact) mass is 381 g/mol. The molecule has 3 aromatic rings. The van der Waals surface area contributed by atoms with Gasteiger partial charge in [-0.1, -0.05) is 54.1 Å². The van der Waals surface area contributed by atoms with Crippen LogP contribution in [0.4, 0.5) is 0 Å². The van der Waals surface area contributed by atoms with Gasteiger partial charge in [0.15, 0.2) is 5.76 Å². The number of hydrogen-bond acceptors (Lipinski definition) is 4. The summed E-state index contributed by atoms with van der Waals surface area (Å²) >= 11 is 6.04. The van der Waals surface area contributed by atoms with E-state index >= 15 is 0 Å². The highest BCUT2D eigenvalue weighted by Crippen LogP contribution is 2.35. The first-order valence-corrected chi connectivity index (χ1v) is 9.23. The molecular weight excluding hydrogens is 362 g/mol. The number of benzene rings is 2. The van der Waals surface area contributed by atoms with Gasteiger partial charge in [0, 0.05) is 23.7 Å². The first kappa shape index (κ1) is 17.8. The Morgan fingerprint density at radius 2 is 2.04 bits per heavy atom. The van der Waals surface area contributed by atoms with Crippen LogP contribution in [0.1, 0.15) is 17.9 Å². The van der Waals surface area contributed by atoms with Gasteiger partial charge in [0.25, 0.3) is 0 Å². The Bertz CT molecular complexity index is 957. The number of halogens is 1. The number of aromatic nitrogens is 1. The van der Waals surface area contributed by atoms with Gasteiger partial charge in [-0.25, -0.2) is 4.98 Å². The minimum Gasteiger partial charge on any atom is -0.439 e. The van der Waals surface area contributed by atoms with Gasteiger partial charge in [-0.05, 0) is 24.1 Å². The topological polar surface area (TPSA) is 72.4 Å². The lowest BCUT2D eigenvalue weighted by atomic mass is 9.79. The highest BCUT2D eigenvalue weighted by Gasteiger charge is 2.44. The summed E-state index contributed by atoms with van der Waals surface area (Å²) in [6, 6.07) is 17.2. The Labute approximate surface area is 162 Å². The number of hydrogen-bond donors (Lipinski definition) is 1. The summed E-state index contributed by atoms with van der Waals surface area (Å²) in [5.74, 6) is 0.998. The summed E-state index contributed by atoms with van der Waals surface area (Å²) in [5, 5.41) is 0.652. The summed E-state index contributed by atoms with van der Waals surface area (Å²) < 4.78 is 5.89. The second-order valence-corrected chi connectivity index (χ2v) is 7.34. The third-order valence-electron chi connectivity index (χ3n) is 5.17. The molecule has 4 rings (SSSR count). The summed E-state index contributed by atoms with van der Waals surface area (Å²) in [7, 11) is 0. The van der Waals surface area contributed by atoms with Gasteiger partial charge < -0.3 is 10.2 Å². The molecule has 2 N–H and O–H groups in total. The van der Waals surface area contributed by atoms with E-state index in [-0.39, 0.29) is 5.91 Å². The van der Waals surface area contributed by atoms with Crippen LogP contribution in [0.3, 0.4) is 0 Å². The van der Waals surface area contributed by atoms with Gasteiger partial charge in [0.05, 0.1) is 18.2 Å². The summed E-state index contributed by atoms with van der Waals surface area (Å²) in [6.07, 6.45) is 2.39.